The van der Waals surface area contributed by atoms with Crippen molar-refractivity contribution >= 4 is 9.84 Å². The van der Waals surface area contributed by atoms with Crippen LogP contribution >= 0.6 is 0 Å². The number of ether oxygens (including phenoxy) is 1. The quantitative estimate of drug-likeness (QED) is 0.834. The number of hydrogen-bond acceptors (Lipinski definition) is 4. The molecule has 0 unspecified atom stereocenters. The lowest BCUT2D eigenvalue weighted by Crippen LogP contribution is -2.49. The molecule has 0 amide bonds. The van der Waals surface area contributed by atoms with Crippen molar-refractivity contribution in [2.45, 2.75) is 32.6 Å². The van der Waals surface area contributed by atoms with Gasteiger partial charge in [0.25, 0.3) is 0 Å². The molecule has 1 fully saturated rings. The van der Waals surface area contributed by atoms with E-state index in [0.717, 1.165) is 18.7 Å². The van der Waals surface area contributed by atoms with Gasteiger partial charge in [0.2, 0.25) is 0 Å². The van der Waals surface area contributed by atoms with Crippen LogP contribution in [0.2, 0.25) is 0 Å². The van der Waals surface area contributed by atoms with Crippen molar-refractivity contribution in [1.82, 2.24) is 4.90 Å². The smallest absolute Gasteiger partial charge is 0.155 e. The standard InChI is InChI=1S/C17H27NO3S/c1-17(2,3)16-13-18(9-11-21-16)10-12-22(19,20)14-15-7-5-4-6-8-15/h4-8,16H,9-14H2,1-3H3/t16-/m1/s1. The van der Waals surface area contributed by atoms with Crippen LogP contribution in [0.15, 0.2) is 30.3 Å². The highest BCUT2D eigenvalue weighted by molar-refractivity contribution is 7.90. The molecular formula is C17H27NO3S. The summed E-state index contributed by atoms with van der Waals surface area (Å²) in [5.41, 5.74) is 0.943. The second-order valence-electron chi connectivity index (χ2n) is 7.10. The molecule has 2 rings (SSSR count). The molecule has 1 aliphatic rings. The maximum atomic E-state index is 12.3. The molecule has 0 spiro atoms. The summed E-state index contributed by atoms with van der Waals surface area (Å²) >= 11 is 0. The summed E-state index contributed by atoms with van der Waals surface area (Å²) in [4.78, 5) is 2.21. The Kier molecular flexibility index (Phi) is 5.64. The van der Waals surface area contributed by atoms with Gasteiger partial charge < -0.3 is 4.74 Å². The van der Waals surface area contributed by atoms with Gasteiger partial charge in [-0.25, -0.2) is 8.42 Å². The maximum Gasteiger partial charge on any atom is 0.155 e. The first-order valence-electron chi connectivity index (χ1n) is 7.84. The average molecular weight is 325 g/mol. The second-order valence-corrected chi connectivity index (χ2v) is 9.29. The molecule has 5 heteroatoms. The topological polar surface area (TPSA) is 46.6 Å². The van der Waals surface area contributed by atoms with E-state index >= 15 is 0 Å². The highest BCUT2D eigenvalue weighted by Gasteiger charge is 2.30. The van der Waals surface area contributed by atoms with E-state index < -0.39 is 9.84 Å². The Balaban J connectivity index is 1.86. The summed E-state index contributed by atoms with van der Waals surface area (Å²) in [6.45, 7) is 9.37. The number of rotatable bonds is 5. The number of benzene rings is 1. The van der Waals surface area contributed by atoms with Crippen LogP contribution in [0.4, 0.5) is 0 Å². The van der Waals surface area contributed by atoms with Gasteiger partial charge in [0.15, 0.2) is 9.84 Å². The number of hydrogen-bond donors (Lipinski definition) is 0. The van der Waals surface area contributed by atoms with Crippen LogP contribution in [0.3, 0.4) is 0 Å². The van der Waals surface area contributed by atoms with Crippen molar-refractivity contribution in [3.8, 4) is 0 Å². The van der Waals surface area contributed by atoms with Gasteiger partial charge in [-0.1, -0.05) is 51.1 Å². The highest BCUT2D eigenvalue weighted by atomic mass is 32.2. The summed E-state index contributed by atoms with van der Waals surface area (Å²) in [5.74, 6) is 0.333. The molecule has 0 aromatic heterocycles. The summed E-state index contributed by atoms with van der Waals surface area (Å²) in [5, 5.41) is 0. The molecular weight excluding hydrogens is 298 g/mol. The van der Waals surface area contributed by atoms with E-state index in [-0.39, 0.29) is 23.0 Å². The minimum atomic E-state index is -3.07. The fourth-order valence-corrected chi connectivity index (χ4v) is 3.98. The van der Waals surface area contributed by atoms with Crippen LogP contribution in [0.5, 0.6) is 0 Å². The zero-order valence-corrected chi connectivity index (χ0v) is 14.6. The Labute approximate surface area is 134 Å². The highest BCUT2D eigenvalue weighted by Crippen LogP contribution is 2.25. The van der Waals surface area contributed by atoms with Crippen LogP contribution in [0.1, 0.15) is 26.3 Å². The van der Waals surface area contributed by atoms with Gasteiger partial charge in [-0.15, -0.1) is 0 Å². The van der Waals surface area contributed by atoms with Crippen LogP contribution in [0, 0.1) is 5.41 Å². The third-order valence-corrected chi connectivity index (χ3v) is 5.64. The normalized spacial score (nSPS) is 21.0. The van der Waals surface area contributed by atoms with E-state index in [2.05, 4.69) is 25.7 Å². The number of sulfone groups is 1. The molecule has 1 atom stereocenters. The van der Waals surface area contributed by atoms with Crippen LogP contribution in [0.25, 0.3) is 0 Å². The first-order chi connectivity index (χ1) is 10.3. The monoisotopic (exact) mass is 325 g/mol. The van der Waals surface area contributed by atoms with Crippen LogP contribution in [-0.4, -0.2) is 51.4 Å². The summed E-state index contributed by atoms with van der Waals surface area (Å²) in [6, 6.07) is 9.38. The molecule has 1 saturated heterocycles. The largest absolute Gasteiger partial charge is 0.375 e. The zero-order chi connectivity index (χ0) is 16.2. The SMILES string of the molecule is CC(C)(C)[C@H]1CN(CCS(=O)(=O)Cc2ccccc2)CCO1. The van der Waals surface area contributed by atoms with Crippen molar-refractivity contribution in [1.29, 1.82) is 0 Å². The van der Waals surface area contributed by atoms with Crippen molar-refractivity contribution in [2.24, 2.45) is 5.41 Å². The molecule has 1 heterocycles. The van der Waals surface area contributed by atoms with Gasteiger partial charge in [0.1, 0.15) is 0 Å². The first kappa shape index (κ1) is 17.4. The van der Waals surface area contributed by atoms with Gasteiger partial charge in [-0.2, -0.15) is 0 Å². The lowest BCUT2D eigenvalue weighted by atomic mass is 9.88. The van der Waals surface area contributed by atoms with E-state index in [1.54, 1.807) is 0 Å². The Morgan fingerprint density at radius 1 is 1.23 bits per heavy atom. The molecule has 124 valence electrons. The molecule has 1 aromatic carbocycles. The van der Waals surface area contributed by atoms with Gasteiger partial charge in [-0.05, 0) is 11.0 Å². The van der Waals surface area contributed by atoms with Crippen LogP contribution in [-0.2, 0) is 20.3 Å². The molecule has 0 saturated carbocycles. The lowest BCUT2D eigenvalue weighted by Gasteiger charge is -2.39. The zero-order valence-electron chi connectivity index (χ0n) is 13.8. The predicted octanol–water partition coefficient (Wildman–Crippen LogP) is 2.35. The first-order valence-corrected chi connectivity index (χ1v) is 9.67. The van der Waals surface area contributed by atoms with E-state index in [1.165, 1.54) is 0 Å². The number of nitrogens with zero attached hydrogens (tertiary/aromatic N) is 1. The van der Waals surface area contributed by atoms with Crippen LogP contribution < -0.4 is 0 Å². The Morgan fingerprint density at radius 3 is 2.55 bits per heavy atom. The van der Waals surface area contributed by atoms with Crippen molar-refractivity contribution in [2.75, 3.05) is 32.0 Å². The number of morpholine rings is 1. The fraction of sp³-hybridized carbons (Fsp3) is 0.647. The fourth-order valence-electron chi connectivity index (χ4n) is 2.60. The van der Waals surface area contributed by atoms with E-state index in [1.807, 2.05) is 30.3 Å². The van der Waals surface area contributed by atoms with Gasteiger partial charge in [0, 0.05) is 19.6 Å². The third kappa shape index (κ3) is 5.38. The average Bonchev–Trinajstić information content (AvgIpc) is 2.45. The van der Waals surface area contributed by atoms with E-state index in [4.69, 9.17) is 4.74 Å². The van der Waals surface area contributed by atoms with Gasteiger partial charge in [-0.3, -0.25) is 4.90 Å². The molecule has 1 aliphatic heterocycles. The minimum Gasteiger partial charge on any atom is -0.375 e. The molecule has 0 aliphatic carbocycles. The Hall–Kier alpha value is -0.910. The second kappa shape index (κ2) is 7.11. The third-order valence-electron chi connectivity index (χ3n) is 4.06. The van der Waals surface area contributed by atoms with Crippen molar-refractivity contribution in [3.63, 3.8) is 0 Å². The van der Waals surface area contributed by atoms with Gasteiger partial charge in [0.05, 0.1) is 24.2 Å². The predicted molar refractivity (Wildman–Crippen MR) is 89.6 cm³/mol. The Bertz CT molecular complexity index is 563. The maximum absolute atomic E-state index is 12.3. The van der Waals surface area contributed by atoms with Crippen molar-refractivity contribution in [3.05, 3.63) is 35.9 Å². The molecule has 4 nitrogen and oxygen atoms in total. The molecule has 1 aromatic rings. The molecule has 0 radical (unpaired) electrons. The lowest BCUT2D eigenvalue weighted by molar-refractivity contribution is -0.0779. The molecule has 0 N–H and O–H groups in total. The minimum absolute atomic E-state index is 0.0849. The van der Waals surface area contributed by atoms with E-state index in [0.29, 0.717) is 13.2 Å². The van der Waals surface area contributed by atoms with Gasteiger partial charge >= 0.3 is 0 Å². The Morgan fingerprint density at radius 2 is 1.91 bits per heavy atom. The van der Waals surface area contributed by atoms with Crippen molar-refractivity contribution < 1.29 is 13.2 Å². The molecule has 22 heavy (non-hydrogen) atoms. The molecule has 0 bridgehead atoms. The summed E-state index contributed by atoms with van der Waals surface area (Å²) in [6.07, 6.45) is 0.165. The summed E-state index contributed by atoms with van der Waals surface area (Å²) < 4.78 is 30.3. The summed E-state index contributed by atoms with van der Waals surface area (Å²) in [7, 11) is -3.07. The van der Waals surface area contributed by atoms with E-state index in [9.17, 15) is 8.42 Å².